The van der Waals surface area contributed by atoms with Gasteiger partial charge in [0.1, 0.15) is 0 Å². The van der Waals surface area contributed by atoms with Crippen LogP contribution in [0.3, 0.4) is 0 Å². The third-order valence-corrected chi connectivity index (χ3v) is 3.59. The number of nitrogens with zero attached hydrogens (tertiary/aromatic N) is 1. The van der Waals surface area contributed by atoms with E-state index in [1.54, 1.807) is 12.1 Å². The topological polar surface area (TPSA) is 44.0 Å². The first-order chi connectivity index (χ1) is 6.74. The van der Waals surface area contributed by atoms with Gasteiger partial charge in [-0.3, -0.25) is 0 Å². The molecule has 70 valence electrons. The van der Waals surface area contributed by atoms with Crippen molar-refractivity contribution in [3.8, 4) is 11.1 Å². The molecule has 1 N–H and O–H groups in total. The fourth-order valence-corrected chi connectivity index (χ4v) is 2.90. The molecule has 0 unspecified atom stereocenters. The smallest absolute Gasteiger partial charge is 0.172 e. The molecule has 0 amide bonds. The van der Waals surface area contributed by atoms with Crippen LogP contribution in [0.15, 0.2) is 18.2 Å². The number of halogens is 1. The van der Waals surface area contributed by atoms with E-state index in [2.05, 4.69) is 22.0 Å². The third-order valence-electron chi connectivity index (χ3n) is 1.95. The number of benzene rings is 1. The van der Waals surface area contributed by atoms with Crippen LogP contribution in [0, 0.1) is 11.3 Å². The van der Waals surface area contributed by atoms with Gasteiger partial charge >= 0.3 is 0 Å². The molecule has 0 radical (unpaired) electrons. The highest BCUT2D eigenvalue weighted by Gasteiger charge is 2.07. The average Bonchev–Trinajstić information content (AvgIpc) is 2.56. The predicted molar refractivity (Wildman–Crippen MR) is 60.8 cm³/mol. The summed E-state index contributed by atoms with van der Waals surface area (Å²) in [6.45, 7) is 0. The van der Waals surface area contributed by atoms with Crippen molar-refractivity contribution in [1.29, 1.82) is 5.26 Å². The van der Waals surface area contributed by atoms with Gasteiger partial charge in [0.05, 0.1) is 11.6 Å². The summed E-state index contributed by atoms with van der Waals surface area (Å²) in [5.41, 5.74) is 1.68. The first-order valence-electron chi connectivity index (χ1n) is 3.96. The zero-order valence-corrected chi connectivity index (χ0v) is 9.52. The molecule has 14 heavy (non-hydrogen) atoms. The number of nitriles is 1. The molecule has 0 fully saturated rings. The van der Waals surface area contributed by atoms with Gasteiger partial charge < -0.3 is 5.11 Å². The predicted octanol–water partition coefficient (Wildman–Crippen LogP) is 3.37. The van der Waals surface area contributed by atoms with E-state index in [4.69, 9.17) is 5.26 Å². The van der Waals surface area contributed by atoms with Crippen LogP contribution in [-0.2, 0) is 5.33 Å². The number of hydrogen-bond acceptors (Lipinski definition) is 3. The van der Waals surface area contributed by atoms with Crippen LogP contribution in [0.25, 0.3) is 10.1 Å². The second-order valence-corrected chi connectivity index (χ2v) is 4.48. The third kappa shape index (κ3) is 1.49. The Morgan fingerprint density at radius 1 is 1.43 bits per heavy atom. The van der Waals surface area contributed by atoms with Crippen molar-refractivity contribution in [3.63, 3.8) is 0 Å². The maximum absolute atomic E-state index is 9.36. The first-order valence-corrected chi connectivity index (χ1v) is 5.90. The van der Waals surface area contributed by atoms with Crippen molar-refractivity contribution in [2.24, 2.45) is 0 Å². The van der Waals surface area contributed by atoms with Gasteiger partial charge in [-0.2, -0.15) is 5.26 Å². The van der Waals surface area contributed by atoms with Gasteiger partial charge in [-0.1, -0.05) is 27.3 Å². The number of aromatic hydroxyl groups is 1. The summed E-state index contributed by atoms with van der Waals surface area (Å²) < 4.78 is 1.04. The Kier molecular flexibility index (Phi) is 2.44. The molecule has 2 aromatic rings. The molecule has 2 nitrogen and oxygen atoms in total. The monoisotopic (exact) mass is 267 g/mol. The van der Waals surface area contributed by atoms with Crippen molar-refractivity contribution < 1.29 is 5.11 Å². The van der Waals surface area contributed by atoms with Crippen LogP contribution in [0.1, 0.15) is 11.1 Å². The summed E-state index contributed by atoms with van der Waals surface area (Å²) in [4.78, 5) is 0. The molecule has 0 bridgehead atoms. The minimum absolute atomic E-state index is 0.289. The summed E-state index contributed by atoms with van der Waals surface area (Å²) in [5.74, 6) is 0. The maximum Gasteiger partial charge on any atom is 0.172 e. The van der Waals surface area contributed by atoms with Gasteiger partial charge in [0, 0.05) is 10.0 Å². The minimum atomic E-state index is 0.289. The van der Waals surface area contributed by atoms with E-state index in [9.17, 15) is 5.11 Å². The number of fused-ring (bicyclic) bond motifs is 1. The van der Waals surface area contributed by atoms with Gasteiger partial charge in [-0.15, -0.1) is 0 Å². The highest BCUT2D eigenvalue weighted by molar-refractivity contribution is 9.08. The molecule has 1 heterocycles. The average molecular weight is 268 g/mol. The summed E-state index contributed by atoms with van der Waals surface area (Å²) >= 11 is 4.71. The SMILES string of the molecule is N#Cc1cc(CBr)c2sc(O)cc2c1. The molecule has 2 rings (SSSR count). The highest BCUT2D eigenvalue weighted by Crippen LogP contribution is 2.34. The van der Waals surface area contributed by atoms with E-state index < -0.39 is 0 Å². The maximum atomic E-state index is 9.36. The molecule has 0 aliphatic rings. The van der Waals surface area contributed by atoms with Crippen molar-refractivity contribution in [2.75, 3.05) is 0 Å². The molecule has 0 saturated heterocycles. The highest BCUT2D eigenvalue weighted by atomic mass is 79.9. The van der Waals surface area contributed by atoms with Gasteiger partial charge in [-0.05, 0) is 29.1 Å². The van der Waals surface area contributed by atoms with Crippen LogP contribution in [0.5, 0.6) is 5.06 Å². The Morgan fingerprint density at radius 2 is 2.21 bits per heavy atom. The number of rotatable bonds is 1. The van der Waals surface area contributed by atoms with E-state index in [1.165, 1.54) is 11.3 Å². The van der Waals surface area contributed by atoms with Crippen LogP contribution in [0.4, 0.5) is 0 Å². The van der Waals surface area contributed by atoms with Crippen LogP contribution < -0.4 is 0 Å². The second kappa shape index (κ2) is 3.60. The van der Waals surface area contributed by atoms with E-state index in [1.807, 2.05) is 6.07 Å². The summed E-state index contributed by atoms with van der Waals surface area (Å²) in [7, 11) is 0. The largest absolute Gasteiger partial charge is 0.499 e. The lowest BCUT2D eigenvalue weighted by molar-refractivity contribution is 0.491. The Labute approximate surface area is 93.5 Å². The van der Waals surface area contributed by atoms with Gasteiger partial charge in [0.2, 0.25) is 0 Å². The van der Waals surface area contributed by atoms with E-state index in [0.717, 1.165) is 15.6 Å². The molecule has 4 heteroatoms. The first kappa shape index (κ1) is 9.50. The zero-order valence-electron chi connectivity index (χ0n) is 7.12. The second-order valence-electron chi connectivity index (χ2n) is 2.88. The molecule has 0 spiro atoms. The number of thiophene rings is 1. The minimum Gasteiger partial charge on any atom is -0.499 e. The van der Waals surface area contributed by atoms with Crippen LogP contribution in [0.2, 0.25) is 0 Å². The summed E-state index contributed by atoms with van der Waals surface area (Å²) in [5, 5.41) is 20.1. The Balaban J connectivity index is 2.80. The van der Waals surface area contributed by atoms with Gasteiger partial charge in [0.15, 0.2) is 5.06 Å². The molecular weight excluding hydrogens is 262 g/mol. The zero-order chi connectivity index (χ0) is 10.1. The molecule has 0 atom stereocenters. The fourth-order valence-electron chi connectivity index (χ4n) is 1.38. The Bertz CT molecular complexity index is 527. The fraction of sp³-hybridized carbons (Fsp3) is 0.100. The van der Waals surface area contributed by atoms with Gasteiger partial charge in [-0.25, -0.2) is 0 Å². The lowest BCUT2D eigenvalue weighted by atomic mass is 10.1. The Morgan fingerprint density at radius 3 is 2.86 bits per heavy atom. The summed E-state index contributed by atoms with van der Waals surface area (Å²) in [6.07, 6.45) is 0. The molecule has 0 aliphatic carbocycles. The standard InChI is InChI=1S/C10H6BrNOS/c11-4-8-2-6(5-12)1-7-3-9(13)14-10(7)8/h1-3,13H,4H2. The number of alkyl halides is 1. The van der Waals surface area contributed by atoms with E-state index in [0.29, 0.717) is 10.9 Å². The molecule has 1 aromatic heterocycles. The lowest BCUT2D eigenvalue weighted by Crippen LogP contribution is -1.80. The van der Waals surface area contributed by atoms with Crippen LogP contribution in [-0.4, -0.2) is 5.11 Å². The lowest BCUT2D eigenvalue weighted by Gasteiger charge is -1.98. The van der Waals surface area contributed by atoms with Gasteiger partial charge in [0.25, 0.3) is 0 Å². The van der Waals surface area contributed by atoms with E-state index >= 15 is 0 Å². The van der Waals surface area contributed by atoms with Crippen molar-refractivity contribution in [1.82, 2.24) is 0 Å². The number of hydrogen-bond donors (Lipinski definition) is 1. The molecule has 0 aliphatic heterocycles. The molecule has 1 aromatic carbocycles. The molecule has 0 saturated carbocycles. The van der Waals surface area contributed by atoms with Crippen LogP contribution >= 0.6 is 27.3 Å². The van der Waals surface area contributed by atoms with Crippen molar-refractivity contribution in [3.05, 3.63) is 29.3 Å². The summed E-state index contributed by atoms with van der Waals surface area (Å²) in [6, 6.07) is 7.42. The van der Waals surface area contributed by atoms with Crippen molar-refractivity contribution >= 4 is 37.4 Å². The molecular formula is C10H6BrNOS. The Hall–Kier alpha value is -1.05. The van der Waals surface area contributed by atoms with Crippen molar-refractivity contribution in [2.45, 2.75) is 5.33 Å². The normalized spacial score (nSPS) is 10.3. The quantitative estimate of drug-likeness (QED) is 0.806. The van der Waals surface area contributed by atoms with E-state index in [-0.39, 0.29) is 5.06 Å².